The van der Waals surface area contributed by atoms with E-state index < -0.39 is 60.2 Å². The summed E-state index contributed by atoms with van der Waals surface area (Å²) in [7, 11) is 0. The molecular weight excluding hydrogens is 586 g/mol. The van der Waals surface area contributed by atoms with Crippen LogP contribution in [-0.2, 0) is 35.2 Å². The number of hydrogen-bond donors (Lipinski definition) is 5. The Morgan fingerprint density at radius 2 is 1.16 bits per heavy atom. The minimum atomic E-state index is -0.793. The Hall–Kier alpha value is -5.14. The second-order valence-electron chi connectivity index (χ2n) is 11.8. The normalized spacial score (nSPS) is 11.0. The molecule has 0 saturated heterocycles. The average Bonchev–Trinajstić information content (AvgIpc) is 2.92. The van der Waals surface area contributed by atoms with E-state index in [2.05, 4.69) is 26.6 Å². The molecule has 14 heteroatoms. The van der Waals surface area contributed by atoms with Crippen LogP contribution < -0.4 is 26.6 Å². The van der Waals surface area contributed by atoms with E-state index in [0.717, 1.165) is 5.56 Å². The molecule has 0 atom stereocenters. The molecule has 0 bridgehead atoms. The van der Waals surface area contributed by atoms with Gasteiger partial charge in [-0.3, -0.25) is 19.2 Å². The summed E-state index contributed by atoms with van der Waals surface area (Å²) in [5, 5.41) is 12.4. The number of nitrogens with one attached hydrogen (secondary N) is 5. The Bertz CT molecular complexity index is 1300. The van der Waals surface area contributed by atoms with Gasteiger partial charge in [0.25, 0.3) is 5.91 Å². The topological polar surface area (TPSA) is 190 Å². The van der Waals surface area contributed by atoms with Crippen molar-refractivity contribution < 1.29 is 43.0 Å². The number of carbonyl (C=O) groups excluding carboxylic acids is 6. The summed E-state index contributed by atoms with van der Waals surface area (Å²) in [6, 6.07) is 13.2. The van der Waals surface area contributed by atoms with E-state index in [1.165, 1.54) is 18.2 Å². The van der Waals surface area contributed by atoms with Crippen LogP contribution in [0.15, 0.2) is 48.5 Å². The van der Waals surface area contributed by atoms with Gasteiger partial charge in [-0.05, 0) is 65.3 Å². The van der Waals surface area contributed by atoms with E-state index in [0.29, 0.717) is 0 Å². The van der Waals surface area contributed by atoms with Gasteiger partial charge in [0.05, 0.1) is 6.42 Å². The zero-order valence-corrected chi connectivity index (χ0v) is 26.3. The number of anilines is 2. The van der Waals surface area contributed by atoms with Gasteiger partial charge in [0.2, 0.25) is 11.8 Å². The molecule has 244 valence electrons. The summed E-state index contributed by atoms with van der Waals surface area (Å²) in [5.74, 6) is -2.38. The number of esters is 1. The largest absolute Gasteiger partial charge is 0.461 e. The fourth-order valence-electron chi connectivity index (χ4n) is 3.44. The highest BCUT2D eigenvalue weighted by molar-refractivity contribution is 6.01. The van der Waals surface area contributed by atoms with Crippen LogP contribution in [0.2, 0.25) is 0 Å². The van der Waals surface area contributed by atoms with E-state index in [1.54, 1.807) is 41.5 Å². The number of carbonyl (C=O) groups is 6. The summed E-state index contributed by atoms with van der Waals surface area (Å²) in [6.45, 7) is 9.26. The molecule has 0 aromatic heterocycles. The van der Waals surface area contributed by atoms with E-state index in [9.17, 15) is 28.8 Å². The average molecular weight is 628 g/mol. The molecule has 45 heavy (non-hydrogen) atoms. The van der Waals surface area contributed by atoms with Crippen molar-refractivity contribution in [3.05, 3.63) is 59.7 Å². The first-order valence-electron chi connectivity index (χ1n) is 14.2. The number of hydrogen-bond acceptors (Lipinski definition) is 9. The fraction of sp³-hybridized carbons (Fsp3) is 0.419. The molecule has 2 aromatic rings. The minimum Gasteiger partial charge on any atom is -0.461 e. The minimum absolute atomic E-state index is 0.0373. The van der Waals surface area contributed by atoms with Crippen LogP contribution in [0.25, 0.3) is 0 Å². The Morgan fingerprint density at radius 1 is 0.667 bits per heavy atom. The molecule has 0 spiro atoms. The Balaban J connectivity index is 2.05. The van der Waals surface area contributed by atoms with Crippen LogP contribution in [0, 0.1) is 0 Å². The summed E-state index contributed by atoms with van der Waals surface area (Å²) in [6.07, 6.45) is -1.68. The first-order valence-corrected chi connectivity index (χ1v) is 14.2. The van der Waals surface area contributed by atoms with Gasteiger partial charge in [0.1, 0.15) is 30.9 Å². The summed E-state index contributed by atoms with van der Waals surface area (Å²) < 4.78 is 15.4. The summed E-state index contributed by atoms with van der Waals surface area (Å²) in [4.78, 5) is 73.9. The van der Waals surface area contributed by atoms with Crippen molar-refractivity contribution in [2.75, 3.05) is 30.3 Å². The van der Waals surface area contributed by atoms with Gasteiger partial charge in [-0.15, -0.1) is 0 Å². The van der Waals surface area contributed by atoms with Crippen molar-refractivity contribution in [3.8, 4) is 0 Å². The standard InChI is InChI=1S/C31H41N5O9/c1-30(2,3)44-28(41)33-17-24(37)35-22-14-21(15-23(16-22)36-25(38)18-34-29(42)45-31(4,5)6)27(40)32-13-12-26(39)43-19-20-10-8-7-9-11-20/h7-11,14-16H,12-13,17-19H2,1-6H3,(H,32,40)(H,33,41)(H,34,42)(H,35,37)(H,36,38). The fourth-order valence-corrected chi connectivity index (χ4v) is 3.44. The lowest BCUT2D eigenvalue weighted by atomic mass is 10.1. The molecule has 14 nitrogen and oxygen atoms in total. The molecule has 0 heterocycles. The summed E-state index contributed by atoms with van der Waals surface area (Å²) >= 11 is 0. The molecule has 0 unspecified atom stereocenters. The number of benzene rings is 2. The maximum atomic E-state index is 12.9. The molecule has 0 saturated carbocycles. The van der Waals surface area contributed by atoms with Crippen molar-refractivity contribution in [1.82, 2.24) is 16.0 Å². The van der Waals surface area contributed by atoms with Crippen molar-refractivity contribution >= 4 is 47.3 Å². The quantitative estimate of drug-likeness (QED) is 0.173. The van der Waals surface area contributed by atoms with E-state index in [4.69, 9.17) is 14.2 Å². The molecule has 0 aliphatic carbocycles. The zero-order valence-electron chi connectivity index (χ0n) is 26.3. The first-order chi connectivity index (χ1) is 21.0. The Morgan fingerprint density at radius 3 is 1.62 bits per heavy atom. The van der Waals surface area contributed by atoms with Crippen molar-refractivity contribution in [3.63, 3.8) is 0 Å². The van der Waals surface area contributed by atoms with Gasteiger partial charge in [-0.25, -0.2) is 9.59 Å². The van der Waals surface area contributed by atoms with Crippen molar-refractivity contribution in [1.29, 1.82) is 0 Å². The van der Waals surface area contributed by atoms with Gasteiger partial charge in [-0.1, -0.05) is 30.3 Å². The monoisotopic (exact) mass is 627 g/mol. The maximum absolute atomic E-state index is 12.9. The first kappa shape index (κ1) is 36.1. The van der Waals surface area contributed by atoms with Crippen LogP contribution in [0.3, 0.4) is 0 Å². The predicted octanol–water partition coefficient (Wildman–Crippen LogP) is 3.48. The van der Waals surface area contributed by atoms with Crippen molar-refractivity contribution in [2.45, 2.75) is 65.8 Å². The highest BCUT2D eigenvalue weighted by Crippen LogP contribution is 2.20. The molecule has 5 N–H and O–H groups in total. The lowest BCUT2D eigenvalue weighted by Crippen LogP contribution is -2.37. The Kier molecular flexibility index (Phi) is 13.3. The third-order valence-corrected chi connectivity index (χ3v) is 5.20. The van der Waals surface area contributed by atoms with Crippen LogP contribution in [0.1, 0.15) is 63.9 Å². The molecule has 2 aromatic carbocycles. The maximum Gasteiger partial charge on any atom is 0.408 e. The lowest BCUT2D eigenvalue weighted by Gasteiger charge is -2.19. The van der Waals surface area contributed by atoms with E-state index >= 15 is 0 Å². The molecule has 0 aliphatic heterocycles. The Labute approximate surface area is 261 Å². The third-order valence-electron chi connectivity index (χ3n) is 5.20. The van der Waals surface area contributed by atoms with E-state index in [-0.39, 0.29) is 36.5 Å². The highest BCUT2D eigenvalue weighted by Gasteiger charge is 2.19. The van der Waals surface area contributed by atoms with Gasteiger partial charge in [0.15, 0.2) is 0 Å². The molecule has 0 radical (unpaired) electrons. The van der Waals surface area contributed by atoms with Crippen LogP contribution in [0.4, 0.5) is 21.0 Å². The van der Waals surface area contributed by atoms with Gasteiger partial charge in [-0.2, -0.15) is 0 Å². The highest BCUT2D eigenvalue weighted by atomic mass is 16.6. The SMILES string of the molecule is CC(C)(C)OC(=O)NCC(=O)Nc1cc(NC(=O)CNC(=O)OC(C)(C)C)cc(C(=O)NCCC(=O)OCc2ccccc2)c1. The van der Waals surface area contributed by atoms with Crippen LogP contribution in [0.5, 0.6) is 0 Å². The van der Waals surface area contributed by atoms with Crippen LogP contribution >= 0.6 is 0 Å². The molecule has 0 aliphatic rings. The predicted molar refractivity (Wildman–Crippen MR) is 165 cm³/mol. The number of rotatable bonds is 12. The third kappa shape index (κ3) is 15.8. The van der Waals surface area contributed by atoms with Gasteiger partial charge in [0, 0.05) is 23.5 Å². The number of ether oxygens (including phenoxy) is 3. The van der Waals surface area contributed by atoms with Crippen LogP contribution in [-0.4, -0.2) is 66.7 Å². The number of alkyl carbamates (subject to hydrolysis) is 2. The zero-order chi connectivity index (χ0) is 33.6. The smallest absolute Gasteiger partial charge is 0.408 e. The second kappa shape index (κ2) is 16.6. The molecule has 2 rings (SSSR count). The molecular formula is C31H41N5O9. The number of amides is 5. The second-order valence-corrected chi connectivity index (χ2v) is 11.8. The van der Waals surface area contributed by atoms with Gasteiger partial charge < -0.3 is 40.8 Å². The molecule has 0 fully saturated rings. The van der Waals surface area contributed by atoms with Gasteiger partial charge >= 0.3 is 18.2 Å². The van der Waals surface area contributed by atoms with Crippen molar-refractivity contribution in [2.24, 2.45) is 0 Å². The lowest BCUT2D eigenvalue weighted by molar-refractivity contribution is -0.144. The molecule has 5 amide bonds. The summed E-state index contributed by atoms with van der Waals surface area (Å²) in [5.41, 5.74) is -0.405. The van der Waals surface area contributed by atoms with E-state index in [1.807, 2.05) is 30.3 Å².